The third-order valence-electron chi connectivity index (χ3n) is 4.58. The Hall–Kier alpha value is -0.280. The fourth-order valence-corrected chi connectivity index (χ4v) is 3.82. The lowest BCUT2D eigenvalue weighted by molar-refractivity contribution is -0.140. The highest BCUT2D eigenvalue weighted by molar-refractivity contribution is 5.85. The smallest absolute Gasteiger partial charge is 0.303 e. The van der Waals surface area contributed by atoms with Crippen LogP contribution in [0.4, 0.5) is 0 Å². The van der Waals surface area contributed by atoms with E-state index in [9.17, 15) is 9.90 Å². The van der Waals surface area contributed by atoms with E-state index < -0.39 is 5.97 Å². The highest BCUT2D eigenvalue weighted by Crippen LogP contribution is 2.44. The molecule has 1 rings (SSSR count). The Bertz CT molecular complexity index is 286. The molecule has 0 spiro atoms. The summed E-state index contributed by atoms with van der Waals surface area (Å²) in [4.78, 5) is 11.2. The number of hydrogen-bond acceptors (Lipinski definition) is 2. The first-order valence-corrected chi connectivity index (χ1v) is 7.79. The van der Waals surface area contributed by atoms with Crippen LogP contribution in [0.3, 0.4) is 0 Å². The fourth-order valence-electron chi connectivity index (χ4n) is 3.82. The highest BCUT2D eigenvalue weighted by Gasteiger charge is 2.39. The van der Waals surface area contributed by atoms with Gasteiger partial charge in [-0.15, -0.1) is 12.4 Å². The maximum atomic E-state index is 11.2. The molecule has 1 saturated carbocycles. The molecule has 0 aliphatic heterocycles. The first kappa shape index (κ1) is 19.7. The molecule has 120 valence electrons. The molecular weight excluding hydrogens is 274 g/mol. The Morgan fingerprint density at radius 1 is 1.35 bits per heavy atom. The van der Waals surface area contributed by atoms with Gasteiger partial charge >= 0.3 is 5.97 Å². The number of carboxylic acid groups (broad SMARTS) is 1. The molecule has 0 heterocycles. The predicted molar refractivity (Wildman–Crippen MR) is 86.4 cm³/mol. The first-order valence-electron chi connectivity index (χ1n) is 7.79. The van der Waals surface area contributed by atoms with Crippen molar-refractivity contribution in [3.8, 4) is 0 Å². The molecule has 0 bridgehead atoms. The van der Waals surface area contributed by atoms with Crippen LogP contribution in [-0.4, -0.2) is 24.2 Å². The number of carbonyl (C=O) groups is 1. The lowest BCUT2D eigenvalue weighted by Crippen LogP contribution is -2.42. The summed E-state index contributed by atoms with van der Waals surface area (Å²) in [5.41, 5.74) is -0.0314. The van der Waals surface area contributed by atoms with Crippen molar-refractivity contribution in [2.24, 2.45) is 23.2 Å². The van der Waals surface area contributed by atoms with Crippen LogP contribution in [0, 0.1) is 23.2 Å². The molecule has 0 amide bonds. The van der Waals surface area contributed by atoms with Crippen molar-refractivity contribution in [1.29, 1.82) is 0 Å². The zero-order valence-electron chi connectivity index (χ0n) is 13.4. The van der Waals surface area contributed by atoms with Crippen LogP contribution in [0.2, 0.25) is 0 Å². The van der Waals surface area contributed by atoms with E-state index in [1.807, 2.05) is 0 Å². The summed E-state index contributed by atoms with van der Waals surface area (Å²) in [6, 6.07) is 0. The third kappa shape index (κ3) is 6.45. The summed E-state index contributed by atoms with van der Waals surface area (Å²) in [7, 11) is 0. The van der Waals surface area contributed by atoms with Crippen molar-refractivity contribution >= 4 is 18.4 Å². The largest absolute Gasteiger partial charge is 0.481 e. The Balaban J connectivity index is 0.00000361. The average Bonchev–Trinajstić information content (AvgIpc) is 2.25. The van der Waals surface area contributed by atoms with Crippen molar-refractivity contribution in [1.82, 2.24) is 5.32 Å². The number of hydrogen-bond donors (Lipinski definition) is 2. The fraction of sp³-hybridized carbons (Fsp3) is 0.938. The minimum atomic E-state index is -0.647. The van der Waals surface area contributed by atoms with Crippen LogP contribution >= 0.6 is 12.4 Å². The summed E-state index contributed by atoms with van der Waals surface area (Å²) in [6.07, 6.45) is 4.84. The summed E-state index contributed by atoms with van der Waals surface area (Å²) in [5, 5.41) is 12.8. The van der Waals surface area contributed by atoms with Crippen molar-refractivity contribution in [2.45, 2.75) is 59.8 Å². The second kappa shape index (κ2) is 8.89. The normalized spacial score (nSPS) is 31.4. The molecule has 0 aromatic rings. The van der Waals surface area contributed by atoms with Crippen LogP contribution in [0.15, 0.2) is 0 Å². The average molecular weight is 306 g/mol. The van der Waals surface area contributed by atoms with E-state index in [0.29, 0.717) is 24.2 Å². The lowest BCUT2D eigenvalue weighted by Gasteiger charge is -2.42. The molecule has 2 unspecified atom stereocenters. The zero-order chi connectivity index (χ0) is 14.5. The van der Waals surface area contributed by atoms with Crippen molar-refractivity contribution < 1.29 is 9.90 Å². The molecule has 1 aliphatic rings. The summed E-state index contributed by atoms with van der Waals surface area (Å²) >= 11 is 0. The topological polar surface area (TPSA) is 49.3 Å². The second-order valence-electron chi connectivity index (χ2n) is 7.07. The van der Waals surface area contributed by atoms with Gasteiger partial charge in [0.25, 0.3) is 0 Å². The Morgan fingerprint density at radius 2 is 1.90 bits per heavy atom. The molecule has 3 nitrogen and oxygen atoms in total. The van der Waals surface area contributed by atoms with Gasteiger partial charge in [0.1, 0.15) is 0 Å². The van der Waals surface area contributed by atoms with Crippen LogP contribution in [0.1, 0.15) is 59.8 Å². The Kier molecular flexibility index (Phi) is 8.76. The van der Waals surface area contributed by atoms with Crippen LogP contribution in [0.25, 0.3) is 0 Å². The van der Waals surface area contributed by atoms with E-state index in [2.05, 4.69) is 33.0 Å². The van der Waals surface area contributed by atoms with E-state index in [1.54, 1.807) is 0 Å². The molecule has 0 aromatic heterocycles. The summed E-state index contributed by atoms with van der Waals surface area (Å²) in [6.45, 7) is 10.8. The molecule has 0 radical (unpaired) electrons. The molecule has 0 aromatic carbocycles. The number of nitrogens with one attached hydrogen (secondary N) is 1. The molecule has 20 heavy (non-hydrogen) atoms. The van der Waals surface area contributed by atoms with E-state index in [1.165, 1.54) is 12.8 Å². The number of rotatable bonds is 7. The van der Waals surface area contributed by atoms with Gasteiger partial charge < -0.3 is 10.4 Å². The SMILES string of the molecule is CCC(C)CNCC1(CC(=O)O)C[C@H](C)C[C@H](C)C1.Cl. The molecule has 1 fully saturated rings. The highest BCUT2D eigenvalue weighted by atomic mass is 35.5. The monoisotopic (exact) mass is 305 g/mol. The van der Waals surface area contributed by atoms with Gasteiger partial charge in [0.15, 0.2) is 0 Å². The van der Waals surface area contributed by atoms with Crippen LogP contribution in [0.5, 0.6) is 0 Å². The molecule has 4 heteroatoms. The molecule has 4 atom stereocenters. The molecule has 0 saturated heterocycles. The molecule has 2 N–H and O–H groups in total. The number of halogens is 1. The van der Waals surface area contributed by atoms with Gasteiger partial charge in [0, 0.05) is 6.54 Å². The van der Waals surface area contributed by atoms with Crippen molar-refractivity contribution in [3.05, 3.63) is 0 Å². The van der Waals surface area contributed by atoms with Crippen LogP contribution < -0.4 is 5.32 Å². The molecule has 1 aliphatic carbocycles. The predicted octanol–water partition coefficient (Wildman–Crippen LogP) is 3.96. The minimum absolute atomic E-state index is 0. The number of aliphatic carboxylic acids is 1. The second-order valence-corrected chi connectivity index (χ2v) is 7.07. The van der Waals surface area contributed by atoms with Crippen molar-refractivity contribution in [3.63, 3.8) is 0 Å². The van der Waals surface area contributed by atoms with E-state index >= 15 is 0 Å². The standard InChI is InChI=1S/C16H31NO2.ClH/c1-5-12(2)10-17-11-16(9-15(18)19)7-13(3)6-14(4)8-16;/h12-14,17H,5-11H2,1-4H3,(H,18,19);1H/t12?,13-,14+,16?;. The van der Waals surface area contributed by atoms with Gasteiger partial charge in [0.2, 0.25) is 0 Å². The third-order valence-corrected chi connectivity index (χ3v) is 4.58. The zero-order valence-corrected chi connectivity index (χ0v) is 14.3. The Morgan fingerprint density at radius 3 is 2.35 bits per heavy atom. The van der Waals surface area contributed by atoms with Gasteiger partial charge in [0.05, 0.1) is 6.42 Å². The van der Waals surface area contributed by atoms with E-state index in [4.69, 9.17) is 0 Å². The van der Waals surface area contributed by atoms with Crippen molar-refractivity contribution in [2.75, 3.05) is 13.1 Å². The lowest BCUT2D eigenvalue weighted by atomic mass is 9.64. The number of carboxylic acids is 1. The van der Waals surface area contributed by atoms with Gasteiger partial charge in [-0.1, -0.05) is 34.1 Å². The first-order chi connectivity index (χ1) is 8.87. The maximum Gasteiger partial charge on any atom is 0.303 e. The van der Waals surface area contributed by atoms with Gasteiger partial charge in [-0.05, 0) is 49.0 Å². The maximum absolute atomic E-state index is 11.2. The van der Waals surface area contributed by atoms with Gasteiger partial charge in [-0.2, -0.15) is 0 Å². The summed E-state index contributed by atoms with van der Waals surface area (Å²) < 4.78 is 0. The van der Waals surface area contributed by atoms with Gasteiger partial charge in [-0.3, -0.25) is 4.79 Å². The quantitative estimate of drug-likeness (QED) is 0.748. The van der Waals surface area contributed by atoms with E-state index in [0.717, 1.165) is 25.9 Å². The Labute approximate surface area is 130 Å². The minimum Gasteiger partial charge on any atom is -0.481 e. The van der Waals surface area contributed by atoms with Crippen LogP contribution in [-0.2, 0) is 4.79 Å². The van der Waals surface area contributed by atoms with E-state index in [-0.39, 0.29) is 17.8 Å². The van der Waals surface area contributed by atoms with Gasteiger partial charge in [-0.25, -0.2) is 0 Å². The molecular formula is C16H32ClNO2. The summed E-state index contributed by atoms with van der Waals surface area (Å²) in [5.74, 6) is 1.31.